The summed E-state index contributed by atoms with van der Waals surface area (Å²) in [5.74, 6) is -0.791. The zero-order valence-corrected chi connectivity index (χ0v) is 9.92. The molecule has 19 heavy (non-hydrogen) atoms. The molecule has 100 valence electrons. The van der Waals surface area contributed by atoms with Crippen molar-refractivity contribution in [1.82, 2.24) is 4.98 Å². The fourth-order valence-electron chi connectivity index (χ4n) is 1.73. The lowest BCUT2D eigenvalue weighted by atomic mass is 10.0. The molecule has 0 aliphatic carbocycles. The summed E-state index contributed by atoms with van der Waals surface area (Å²) >= 11 is 0. The minimum Gasteiger partial charge on any atom is -0.388 e. The van der Waals surface area contributed by atoms with Gasteiger partial charge >= 0.3 is 6.18 Å². The zero-order chi connectivity index (χ0) is 14.0. The smallest absolute Gasteiger partial charge is 0.388 e. The highest BCUT2D eigenvalue weighted by Crippen LogP contribution is 2.38. The maximum Gasteiger partial charge on any atom is 0.417 e. The van der Waals surface area contributed by atoms with Gasteiger partial charge in [-0.1, -0.05) is 0 Å². The summed E-state index contributed by atoms with van der Waals surface area (Å²) in [6, 6.07) is 5.83. The summed E-state index contributed by atoms with van der Waals surface area (Å²) in [4.78, 5) is 3.70. The molecule has 0 aliphatic heterocycles. The average molecular weight is 270 g/mol. The Balaban J connectivity index is 2.69. The summed E-state index contributed by atoms with van der Waals surface area (Å²) in [5.41, 5.74) is -1.05. The van der Waals surface area contributed by atoms with E-state index in [9.17, 15) is 17.6 Å². The van der Waals surface area contributed by atoms with E-state index in [0.29, 0.717) is 5.69 Å². The fourth-order valence-corrected chi connectivity index (χ4v) is 1.73. The van der Waals surface area contributed by atoms with Crippen LogP contribution in [0.4, 0.5) is 23.2 Å². The molecule has 1 heterocycles. The molecule has 1 aromatic carbocycles. The first-order valence-corrected chi connectivity index (χ1v) is 5.43. The quantitative estimate of drug-likeness (QED) is 0.836. The highest BCUT2D eigenvalue weighted by molar-refractivity contribution is 5.70. The molecule has 0 aliphatic rings. The van der Waals surface area contributed by atoms with E-state index in [1.165, 1.54) is 24.4 Å². The lowest BCUT2D eigenvalue weighted by Crippen LogP contribution is -2.08. The molecule has 2 rings (SSSR count). The standard InChI is InChI=1S/C13H10F4N2/c1-18-8-4-5-10(13(15,16)17)9(7-8)12-11(14)3-2-6-19-12/h2-7,18H,1H3. The number of anilines is 1. The van der Waals surface area contributed by atoms with Crippen LogP contribution in [0.5, 0.6) is 0 Å². The van der Waals surface area contributed by atoms with Crippen molar-refractivity contribution in [3.05, 3.63) is 47.9 Å². The van der Waals surface area contributed by atoms with Crippen LogP contribution in [0.1, 0.15) is 5.56 Å². The van der Waals surface area contributed by atoms with Crippen LogP contribution in [-0.2, 0) is 6.18 Å². The van der Waals surface area contributed by atoms with Crippen LogP contribution < -0.4 is 5.32 Å². The number of benzene rings is 1. The van der Waals surface area contributed by atoms with Crippen LogP contribution >= 0.6 is 0 Å². The molecule has 1 aromatic heterocycles. The van der Waals surface area contributed by atoms with Gasteiger partial charge in [0.2, 0.25) is 0 Å². The summed E-state index contributed by atoms with van der Waals surface area (Å²) in [7, 11) is 1.57. The lowest BCUT2D eigenvalue weighted by molar-refractivity contribution is -0.137. The summed E-state index contributed by atoms with van der Waals surface area (Å²) in [6.07, 6.45) is -3.31. The Bertz CT molecular complexity index is 593. The van der Waals surface area contributed by atoms with Crippen molar-refractivity contribution >= 4 is 5.69 Å². The molecular weight excluding hydrogens is 260 g/mol. The Morgan fingerprint density at radius 1 is 1.16 bits per heavy atom. The van der Waals surface area contributed by atoms with Crippen LogP contribution in [-0.4, -0.2) is 12.0 Å². The maximum absolute atomic E-state index is 13.6. The molecule has 2 nitrogen and oxygen atoms in total. The third-order valence-corrected chi connectivity index (χ3v) is 2.63. The monoisotopic (exact) mass is 270 g/mol. The molecule has 0 radical (unpaired) electrons. The van der Waals surface area contributed by atoms with Crippen LogP contribution in [0.15, 0.2) is 36.5 Å². The predicted octanol–water partition coefficient (Wildman–Crippen LogP) is 3.95. The van der Waals surface area contributed by atoms with Gasteiger partial charge in [-0.25, -0.2) is 4.39 Å². The highest BCUT2D eigenvalue weighted by atomic mass is 19.4. The number of hydrogen-bond acceptors (Lipinski definition) is 2. The number of hydrogen-bond donors (Lipinski definition) is 1. The topological polar surface area (TPSA) is 24.9 Å². The average Bonchev–Trinajstić information content (AvgIpc) is 2.37. The maximum atomic E-state index is 13.6. The van der Waals surface area contributed by atoms with Crippen molar-refractivity contribution in [2.24, 2.45) is 0 Å². The summed E-state index contributed by atoms with van der Waals surface area (Å²) in [5, 5.41) is 2.72. The van der Waals surface area contributed by atoms with Gasteiger partial charge in [0.15, 0.2) is 0 Å². The third-order valence-electron chi connectivity index (χ3n) is 2.63. The summed E-state index contributed by atoms with van der Waals surface area (Å²) < 4.78 is 52.4. The number of rotatable bonds is 2. The van der Waals surface area contributed by atoms with Crippen LogP contribution in [0.25, 0.3) is 11.3 Å². The van der Waals surface area contributed by atoms with E-state index < -0.39 is 17.6 Å². The van der Waals surface area contributed by atoms with Crippen molar-refractivity contribution in [1.29, 1.82) is 0 Å². The van der Waals surface area contributed by atoms with E-state index in [2.05, 4.69) is 10.3 Å². The van der Waals surface area contributed by atoms with Gasteiger partial charge in [0, 0.05) is 24.5 Å². The molecule has 0 fully saturated rings. The second kappa shape index (κ2) is 4.87. The summed E-state index contributed by atoms with van der Waals surface area (Å²) in [6.45, 7) is 0. The van der Waals surface area contributed by atoms with Crippen molar-refractivity contribution in [3.8, 4) is 11.3 Å². The predicted molar refractivity (Wildman–Crippen MR) is 64.2 cm³/mol. The van der Waals surface area contributed by atoms with Crippen LogP contribution in [0.2, 0.25) is 0 Å². The van der Waals surface area contributed by atoms with Gasteiger partial charge in [0.05, 0.1) is 5.56 Å². The number of nitrogens with zero attached hydrogens (tertiary/aromatic N) is 1. The van der Waals surface area contributed by atoms with Gasteiger partial charge in [0.25, 0.3) is 0 Å². The second-order valence-corrected chi connectivity index (χ2v) is 3.84. The molecule has 0 saturated carbocycles. The van der Waals surface area contributed by atoms with Gasteiger partial charge in [-0.05, 0) is 30.3 Å². The first-order valence-electron chi connectivity index (χ1n) is 5.43. The molecule has 0 spiro atoms. The third kappa shape index (κ3) is 2.67. The van der Waals surface area contributed by atoms with Crippen molar-refractivity contribution in [2.45, 2.75) is 6.18 Å². The number of alkyl halides is 3. The molecule has 0 atom stereocenters. The second-order valence-electron chi connectivity index (χ2n) is 3.84. The van der Waals surface area contributed by atoms with E-state index >= 15 is 0 Å². The molecule has 0 saturated heterocycles. The van der Waals surface area contributed by atoms with Crippen LogP contribution in [0.3, 0.4) is 0 Å². The van der Waals surface area contributed by atoms with Crippen molar-refractivity contribution < 1.29 is 17.6 Å². The molecule has 6 heteroatoms. The Hall–Kier alpha value is -2.11. The van der Waals surface area contributed by atoms with E-state index in [0.717, 1.165) is 12.1 Å². The molecular formula is C13H10F4N2. The molecule has 0 amide bonds. The van der Waals surface area contributed by atoms with Crippen LogP contribution in [0, 0.1) is 5.82 Å². The van der Waals surface area contributed by atoms with E-state index in [1.54, 1.807) is 7.05 Å². The Morgan fingerprint density at radius 3 is 2.47 bits per heavy atom. The van der Waals surface area contributed by atoms with Gasteiger partial charge in [-0.2, -0.15) is 13.2 Å². The fraction of sp³-hybridized carbons (Fsp3) is 0.154. The normalized spacial score (nSPS) is 11.4. The van der Waals surface area contributed by atoms with Gasteiger partial charge in [-0.15, -0.1) is 0 Å². The molecule has 0 bridgehead atoms. The molecule has 0 unspecified atom stereocenters. The van der Waals surface area contributed by atoms with E-state index in [1.807, 2.05) is 0 Å². The number of aromatic nitrogens is 1. The van der Waals surface area contributed by atoms with Gasteiger partial charge in [-0.3, -0.25) is 4.98 Å². The Kier molecular flexibility index (Phi) is 3.42. The van der Waals surface area contributed by atoms with Gasteiger partial charge in [0.1, 0.15) is 11.5 Å². The first-order chi connectivity index (χ1) is 8.93. The van der Waals surface area contributed by atoms with Crippen molar-refractivity contribution in [2.75, 3.05) is 12.4 Å². The first kappa shape index (κ1) is 13.3. The Morgan fingerprint density at radius 2 is 1.89 bits per heavy atom. The highest BCUT2D eigenvalue weighted by Gasteiger charge is 2.34. The lowest BCUT2D eigenvalue weighted by Gasteiger charge is -2.14. The molecule has 1 N–H and O–H groups in total. The zero-order valence-electron chi connectivity index (χ0n) is 9.92. The van der Waals surface area contributed by atoms with E-state index in [4.69, 9.17) is 0 Å². The number of halogens is 4. The largest absolute Gasteiger partial charge is 0.417 e. The number of nitrogens with one attached hydrogen (secondary N) is 1. The number of pyridine rings is 1. The minimum atomic E-state index is -4.56. The van der Waals surface area contributed by atoms with Gasteiger partial charge < -0.3 is 5.32 Å². The molecule has 2 aromatic rings. The minimum absolute atomic E-state index is 0.280. The SMILES string of the molecule is CNc1ccc(C(F)(F)F)c(-c2ncccc2F)c1. The van der Waals surface area contributed by atoms with Crippen molar-refractivity contribution in [3.63, 3.8) is 0 Å². The Labute approximate surface area is 107 Å². The van der Waals surface area contributed by atoms with E-state index in [-0.39, 0.29) is 11.3 Å².